The van der Waals surface area contributed by atoms with Crippen molar-refractivity contribution in [1.82, 2.24) is 15.0 Å². The average Bonchev–Trinajstić information content (AvgIpc) is 2.80. The van der Waals surface area contributed by atoms with Gasteiger partial charge in [0.1, 0.15) is 5.52 Å². The molecule has 2 N–H and O–H groups in total. The first-order valence-corrected chi connectivity index (χ1v) is 10.2. The van der Waals surface area contributed by atoms with Crippen LogP contribution in [0, 0.1) is 10.1 Å². The highest BCUT2D eigenvalue weighted by Crippen LogP contribution is 2.31. The van der Waals surface area contributed by atoms with Crippen molar-refractivity contribution in [3.05, 3.63) is 90.9 Å². The van der Waals surface area contributed by atoms with Crippen LogP contribution in [-0.2, 0) is 11.3 Å². The molecule has 0 aliphatic carbocycles. The van der Waals surface area contributed by atoms with Crippen molar-refractivity contribution in [3.63, 3.8) is 0 Å². The van der Waals surface area contributed by atoms with Crippen LogP contribution in [-0.4, -0.2) is 26.3 Å². The summed E-state index contributed by atoms with van der Waals surface area (Å²) in [5.74, 6) is 0.0516. The summed E-state index contributed by atoms with van der Waals surface area (Å²) >= 11 is 12.0. The van der Waals surface area contributed by atoms with Crippen molar-refractivity contribution in [3.8, 4) is 0 Å². The maximum absolute atomic E-state index is 12.8. The van der Waals surface area contributed by atoms with Crippen molar-refractivity contribution in [2.45, 2.75) is 6.54 Å². The zero-order chi connectivity index (χ0) is 23.5. The first kappa shape index (κ1) is 22.2. The van der Waals surface area contributed by atoms with Gasteiger partial charge in [-0.05, 0) is 35.9 Å². The number of carbonyl (C=O) groups excluding carboxylic acids is 1. The van der Waals surface area contributed by atoms with Gasteiger partial charge in [0.15, 0.2) is 0 Å². The first-order chi connectivity index (χ1) is 15.9. The maximum Gasteiger partial charge on any atom is 0.272 e. The number of halogens is 2. The Balaban J connectivity index is 1.85. The number of non-ortho nitro benzene ring substituents is 1. The Kier molecular flexibility index (Phi) is 6.20. The van der Waals surface area contributed by atoms with Crippen LogP contribution in [0.15, 0.2) is 59.7 Å². The van der Waals surface area contributed by atoms with Crippen molar-refractivity contribution in [2.24, 2.45) is 0 Å². The molecule has 0 radical (unpaired) electrons. The molecule has 1 amide bonds. The number of aromatic amines is 1. The van der Waals surface area contributed by atoms with E-state index in [1.165, 1.54) is 11.0 Å². The molecule has 0 fully saturated rings. The van der Waals surface area contributed by atoms with E-state index in [2.05, 4.69) is 20.3 Å². The van der Waals surface area contributed by atoms with Crippen LogP contribution >= 0.6 is 23.2 Å². The number of aromatic nitrogens is 3. The van der Waals surface area contributed by atoms with Crippen LogP contribution in [0.25, 0.3) is 10.9 Å². The minimum atomic E-state index is -0.639. The SMILES string of the molecule is O=CN(Cc1ccncc1)c1cc([N+](=O)[O-])cc2c(=O)[nH]c(Nc3ccc(Cl)c(Cl)c3)nc12. The van der Waals surface area contributed by atoms with E-state index in [4.69, 9.17) is 23.2 Å². The normalized spacial score (nSPS) is 10.7. The Labute approximate surface area is 196 Å². The Morgan fingerprint density at radius 3 is 2.55 bits per heavy atom. The van der Waals surface area contributed by atoms with Gasteiger partial charge in [0.05, 0.1) is 32.6 Å². The molecule has 0 unspecified atom stereocenters. The molecule has 0 saturated heterocycles. The lowest BCUT2D eigenvalue weighted by molar-refractivity contribution is -0.384. The number of hydrogen-bond acceptors (Lipinski definition) is 7. The van der Waals surface area contributed by atoms with E-state index in [9.17, 15) is 19.7 Å². The zero-order valence-electron chi connectivity index (χ0n) is 16.7. The molecule has 33 heavy (non-hydrogen) atoms. The zero-order valence-corrected chi connectivity index (χ0v) is 18.2. The number of benzene rings is 2. The van der Waals surface area contributed by atoms with Gasteiger partial charge in [-0.15, -0.1) is 0 Å². The third-order valence-corrected chi connectivity index (χ3v) is 5.45. The molecule has 0 saturated carbocycles. The van der Waals surface area contributed by atoms with Gasteiger partial charge in [-0.1, -0.05) is 23.2 Å². The second-order valence-electron chi connectivity index (χ2n) is 6.88. The van der Waals surface area contributed by atoms with Gasteiger partial charge < -0.3 is 10.2 Å². The molecule has 0 bridgehead atoms. The first-order valence-electron chi connectivity index (χ1n) is 9.41. The van der Waals surface area contributed by atoms with E-state index in [1.807, 2.05) is 0 Å². The minimum absolute atomic E-state index is 0.0412. The van der Waals surface area contributed by atoms with Crippen LogP contribution in [0.1, 0.15) is 5.56 Å². The number of rotatable bonds is 7. The molecule has 166 valence electrons. The van der Waals surface area contributed by atoms with Crippen LogP contribution < -0.4 is 15.8 Å². The Bertz CT molecular complexity index is 1430. The van der Waals surface area contributed by atoms with Gasteiger partial charge >= 0.3 is 0 Å². The van der Waals surface area contributed by atoms with Crippen LogP contribution in [0.5, 0.6) is 0 Å². The largest absolute Gasteiger partial charge is 0.326 e. The smallest absolute Gasteiger partial charge is 0.272 e. The van der Waals surface area contributed by atoms with Gasteiger partial charge in [-0.2, -0.15) is 0 Å². The Morgan fingerprint density at radius 2 is 1.88 bits per heavy atom. The van der Waals surface area contributed by atoms with Gasteiger partial charge in [0.25, 0.3) is 11.2 Å². The van der Waals surface area contributed by atoms with Crippen molar-refractivity contribution in [1.29, 1.82) is 0 Å². The second-order valence-corrected chi connectivity index (χ2v) is 7.69. The molecule has 4 rings (SSSR count). The lowest BCUT2D eigenvalue weighted by atomic mass is 10.1. The molecule has 0 spiro atoms. The number of H-pyrrole nitrogens is 1. The lowest BCUT2D eigenvalue weighted by Gasteiger charge is -2.19. The van der Waals surface area contributed by atoms with Crippen molar-refractivity contribution < 1.29 is 9.72 Å². The van der Waals surface area contributed by atoms with Crippen LogP contribution in [0.4, 0.5) is 23.0 Å². The van der Waals surface area contributed by atoms with Crippen LogP contribution in [0.3, 0.4) is 0 Å². The topological polar surface area (TPSA) is 134 Å². The number of amides is 1. The quantitative estimate of drug-likeness (QED) is 0.225. The monoisotopic (exact) mass is 484 g/mol. The molecule has 2 heterocycles. The Hall–Kier alpha value is -4.02. The van der Waals surface area contributed by atoms with E-state index in [0.29, 0.717) is 22.1 Å². The Morgan fingerprint density at radius 1 is 1.12 bits per heavy atom. The standard InChI is InChI=1S/C21H14Cl2N6O4/c22-16-2-1-13(7-17(16)23)25-21-26-19-15(20(31)27-21)8-14(29(32)33)9-18(19)28(11-30)10-12-3-5-24-6-4-12/h1-9,11H,10H2,(H2,25,26,27,31). The summed E-state index contributed by atoms with van der Waals surface area (Å²) in [6.07, 6.45) is 3.64. The number of anilines is 3. The van der Waals surface area contributed by atoms with Crippen molar-refractivity contribution >= 4 is 63.5 Å². The summed E-state index contributed by atoms with van der Waals surface area (Å²) in [5.41, 5.74) is 0.469. The van der Waals surface area contributed by atoms with E-state index in [0.717, 1.165) is 11.6 Å². The summed E-state index contributed by atoms with van der Waals surface area (Å²) in [6, 6.07) is 10.5. The fourth-order valence-corrected chi connectivity index (χ4v) is 3.47. The average molecular weight is 485 g/mol. The molecule has 0 aliphatic rings. The fraction of sp³-hybridized carbons (Fsp3) is 0.0476. The third kappa shape index (κ3) is 4.76. The molecule has 12 heteroatoms. The number of pyridine rings is 1. The number of nitrogens with one attached hydrogen (secondary N) is 2. The van der Waals surface area contributed by atoms with E-state index in [1.54, 1.807) is 42.7 Å². The molecule has 2 aromatic heterocycles. The summed E-state index contributed by atoms with van der Waals surface area (Å²) in [4.78, 5) is 47.7. The van der Waals surface area contributed by atoms with Crippen LogP contribution in [0.2, 0.25) is 10.0 Å². The molecular weight excluding hydrogens is 471 g/mol. The van der Waals surface area contributed by atoms with Crippen molar-refractivity contribution in [2.75, 3.05) is 10.2 Å². The van der Waals surface area contributed by atoms with E-state index >= 15 is 0 Å². The predicted octanol–water partition coefficient (Wildman–Crippen LogP) is 4.44. The number of hydrogen-bond donors (Lipinski definition) is 2. The highest BCUT2D eigenvalue weighted by molar-refractivity contribution is 6.42. The van der Waals surface area contributed by atoms with Gasteiger partial charge in [-0.3, -0.25) is 29.7 Å². The highest BCUT2D eigenvalue weighted by Gasteiger charge is 2.20. The van der Waals surface area contributed by atoms with E-state index < -0.39 is 10.5 Å². The maximum atomic E-state index is 12.8. The van der Waals surface area contributed by atoms with Gasteiger partial charge in [-0.25, -0.2) is 4.98 Å². The van der Waals surface area contributed by atoms with Gasteiger partial charge in [0, 0.05) is 30.2 Å². The molecular formula is C21H14Cl2N6O4. The highest BCUT2D eigenvalue weighted by atomic mass is 35.5. The molecule has 0 aliphatic heterocycles. The lowest BCUT2D eigenvalue weighted by Crippen LogP contribution is -2.22. The summed E-state index contributed by atoms with van der Waals surface area (Å²) in [7, 11) is 0. The summed E-state index contributed by atoms with van der Waals surface area (Å²) in [5, 5.41) is 15.0. The van der Waals surface area contributed by atoms with E-state index in [-0.39, 0.29) is 34.8 Å². The molecule has 10 nitrogen and oxygen atoms in total. The number of fused-ring (bicyclic) bond motifs is 1. The van der Waals surface area contributed by atoms with Gasteiger partial charge in [0.2, 0.25) is 12.4 Å². The third-order valence-electron chi connectivity index (χ3n) is 4.71. The molecule has 2 aromatic carbocycles. The summed E-state index contributed by atoms with van der Waals surface area (Å²) in [6.45, 7) is 0.0896. The number of nitrogens with zero attached hydrogens (tertiary/aromatic N) is 4. The molecule has 4 aromatic rings. The fourth-order valence-electron chi connectivity index (χ4n) is 3.17. The summed E-state index contributed by atoms with van der Waals surface area (Å²) < 4.78 is 0. The predicted molar refractivity (Wildman–Crippen MR) is 125 cm³/mol. The number of nitro groups is 1. The minimum Gasteiger partial charge on any atom is -0.326 e. The second kappa shape index (κ2) is 9.23. The molecule has 0 atom stereocenters. The number of nitro benzene ring substituents is 1. The number of carbonyl (C=O) groups is 1.